The lowest BCUT2D eigenvalue weighted by Crippen LogP contribution is -2.27. The van der Waals surface area contributed by atoms with Gasteiger partial charge in [-0.1, -0.05) is 13.8 Å². The van der Waals surface area contributed by atoms with Crippen molar-refractivity contribution in [1.82, 2.24) is 0 Å². The Morgan fingerprint density at radius 1 is 1.40 bits per heavy atom. The molecule has 0 N–H and O–H groups in total. The van der Waals surface area contributed by atoms with Crippen LogP contribution in [0, 0.1) is 33.2 Å². The van der Waals surface area contributed by atoms with E-state index in [1.807, 2.05) is 4.90 Å². The summed E-state index contributed by atoms with van der Waals surface area (Å²) in [5.74, 6) is 0.542. The molecule has 1 heterocycles. The summed E-state index contributed by atoms with van der Waals surface area (Å²) in [5.41, 5.74) is 0.183. The van der Waals surface area contributed by atoms with Crippen LogP contribution in [0.2, 0.25) is 0 Å². The predicted octanol–water partition coefficient (Wildman–Crippen LogP) is 2.83. The Balaban J connectivity index is 1.97. The average molecular weight is 280 g/mol. The van der Waals surface area contributed by atoms with E-state index in [2.05, 4.69) is 13.8 Å². The highest BCUT2D eigenvalue weighted by Crippen LogP contribution is 2.62. The third-order valence-corrected chi connectivity index (χ3v) is 4.90. The first-order valence-electron chi connectivity index (χ1n) is 6.63. The van der Waals surface area contributed by atoms with Crippen LogP contribution in [0.3, 0.4) is 0 Å². The molecular formula is C14H17FN2O3. The van der Waals surface area contributed by atoms with Gasteiger partial charge < -0.3 is 9.64 Å². The fourth-order valence-corrected chi connectivity index (χ4v) is 3.43. The van der Waals surface area contributed by atoms with Gasteiger partial charge in [-0.3, -0.25) is 10.1 Å². The number of ether oxygens (including phenoxy) is 1. The summed E-state index contributed by atoms with van der Waals surface area (Å²) in [4.78, 5) is 12.4. The summed E-state index contributed by atoms with van der Waals surface area (Å²) in [6.45, 7) is 5.90. The number of hydrogen-bond acceptors (Lipinski definition) is 4. The molecule has 3 rings (SSSR count). The SMILES string of the molecule is COc1cc(F)c([N+](=O)[O-])c(N2CC3C(C2)C3(C)C)c1. The molecule has 1 aromatic rings. The summed E-state index contributed by atoms with van der Waals surface area (Å²) in [5, 5.41) is 11.1. The number of rotatable bonds is 3. The molecular weight excluding hydrogens is 263 g/mol. The van der Waals surface area contributed by atoms with Crippen LogP contribution in [0.15, 0.2) is 12.1 Å². The minimum atomic E-state index is -0.843. The van der Waals surface area contributed by atoms with Crippen LogP contribution in [0.5, 0.6) is 5.75 Å². The first-order valence-corrected chi connectivity index (χ1v) is 6.63. The second-order valence-corrected chi connectivity index (χ2v) is 6.17. The minimum absolute atomic E-state index is 0.308. The molecule has 0 bridgehead atoms. The molecule has 2 aliphatic rings. The Morgan fingerprint density at radius 3 is 2.50 bits per heavy atom. The van der Waals surface area contributed by atoms with Gasteiger partial charge in [0.15, 0.2) is 0 Å². The normalized spacial score (nSPS) is 26.3. The van der Waals surface area contributed by atoms with Gasteiger partial charge in [-0.05, 0) is 17.3 Å². The van der Waals surface area contributed by atoms with Crippen LogP contribution in [-0.4, -0.2) is 25.1 Å². The Kier molecular flexibility index (Phi) is 2.68. The second-order valence-electron chi connectivity index (χ2n) is 6.17. The van der Waals surface area contributed by atoms with E-state index in [1.165, 1.54) is 7.11 Å². The zero-order chi connectivity index (χ0) is 14.7. The van der Waals surface area contributed by atoms with E-state index in [-0.39, 0.29) is 0 Å². The molecule has 5 nitrogen and oxygen atoms in total. The van der Waals surface area contributed by atoms with Crippen molar-refractivity contribution in [1.29, 1.82) is 0 Å². The van der Waals surface area contributed by atoms with Crippen molar-refractivity contribution in [2.75, 3.05) is 25.1 Å². The Labute approximate surface area is 116 Å². The zero-order valence-electron chi connectivity index (χ0n) is 11.7. The van der Waals surface area contributed by atoms with Gasteiger partial charge in [0.05, 0.1) is 12.0 Å². The van der Waals surface area contributed by atoms with Gasteiger partial charge in [-0.25, -0.2) is 0 Å². The summed E-state index contributed by atoms with van der Waals surface area (Å²) in [6.07, 6.45) is 0. The lowest BCUT2D eigenvalue weighted by molar-refractivity contribution is -0.386. The Hall–Kier alpha value is -1.85. The molecule has 1 aliphatic carbocycles. The molecule has 0 aromatic heterocycles. The third-order valence-electron chi connectivity index (χ3n) is 4.90. The van der Waals surface area contributed by atoms with Gasteiger partial charge in [0.2, 0.25) is 5.82 Å². The van der Waals surface area contributed by atoms with Gasteiger partial charge in [-0.2, -0.15) is 4.39 Å². The van der Waals surface area contributed by atoms with E-state index >= 15 is 0 Å². The van der Waals surface area contributed by atoms with Gasteiger partial charge in [0.1, 0.15) is 11.4 Å². The van der Waals surface area contributed by atoms with Crippen molar-refractivity contribution in [3.63, 3.8) is 0 Å². The number of nitro benzene ring substituents is 1. The number of piperidine rings is 1. The van der Waals surface area contributed by atoms with Crippen molar-refractivity contribution in [2.45, 2.75) is 13.8 Å². The number of hydrogen-bond donors (Lipinski definition) is 0. The second kappa shape index (κ2) is 4.07. The smallest absolute Gasteiger partial charge is 0.328 e. The van der Waals surface area contributed by atoms with Crippen molar-refractivity contribution in [2.24, 2.45) is 17.3 Å². The zero-order valence-corrected chi connectivity index (χ0v) is 11.7. The van der Waals surface area contributed by atoms with Gasteiger partial charge in [0, 0.05) is 25.2 Å². The van der Waals surface area contributed by atoms with Crippen LogP contribution in [0.4, 0.5) is 15.8 Å². The van der Waals surface area contributed by atoms with E-state index in [0.717, 1.165) is 19.2 Å². The number of nitrogens with zero attached hydrogens (tertiary/aromatic N) is 2. The third kappa shape index (κ3) is 1.74. The molecule has 1 aliphatic heterocycles. The highest BCUT2D eigenvalue weighted by atomic mass is 19.1. The number of fused-ring (bicyclic) bond motifs is 1. The summed E-state index contributed by atoms with van der Waals surface area (Å²) in [7, 11) is 1.43. The van der Waals surface area contributed by atoms with Crippen LogP contribution in [-0.2, 0) is 0 Å². The fourth-order valence-electron chi connectivity index (χ4n) is 3.43. The molecule has 2 atom stereocenters. The number of anilines is 1. The molecule has 0 amide bonds. The molecule has 0 spiro atoms. The number of methoxy groups -OCH3 is 1. The van der Waals surface area contributed by atoms with E-state index in [4.69, 9.17) is 4.74 Å². The Morgan fingerprint density at radius 2 is 2.00 bits per heavy atom. The number of nitro groups is 1. The monoisotopic (exact) mass is 280 g/mol. The molecule has 0 radical (unpaired) electrons. The largest absolute Gasteiger partial charge is 0.497 e. The van der Waals surface area contributed by atoms with Crippen LogP contribution in [0.25, 0.3) is 0 Å². The maximum Gasteiger partial charge on any atom is 0.328 e. The lowest BCUT2D eigenvalue weighted by atomic mass is 10.1. The topological polar surface area (TPSA) is 55.6 Å². The standard InChI is InChI=1S/C14H17FN2O3/c1-14(2)9-6-16(7-10(9)14)12-5-8(20-3)4-11(15)13(12)17(18)19/h4-5,9-10H,6-7H2,1-3H3. The highest BCUT2D eigenvalue weighted by Gasteiger charge is 2.62. The van der Waals surface area contributed by atoms with E-state index < -0.39 is 16.4 Å². The molecule has 1 saturated heterocycles. The summed E-state index contributed by atoms with van der Waals surface area (Å²) < 4.78 is 18.9. The number of halogens is 1. The van der Waals surface area contributed by atoms with Crippen LogP contribution < -0.4 is 9.64 Å². The van der Waals surface area contributed by atoms with E-state index in [0.29, 0.717) is 28.7 Å². The first kappa shape index (κ1) is 13.1. The highest BCUT2D eigenvalue weighted by molar-refractivity contribution is 5.67. The predicted molar refractivity (Wildman–Crippen MR) is 72.6 cm³/mol. The van der Waals surface area contributed by atoms with Gasteiger partial charge >= 0.3 is 5.69 Å². The molecule has 2 unspecified atom stereocenters. The molecule has 1 aromatic carbocycles. The van der Waals surface area contributed by atoms with Crippen molar-refractivity contribution >= 4 is 11.4 Å². The van der Waals surface area contributed by atoms with Crippen molar-refractivity contribution in [3.05, 3.63) is 28.1 Å². The van der Waals surface area contributed by atoms with E-state index in [9.17, 15) is 14.5 Å². The first-order chi connectivity index (χ1) is 9.36. The fraction of sp³-hybridized carbons (Fsp3) is 0.571. The quantitative estimate of drug-likeness (QED) is 0.631. The number of benzene rings is 1. The lowest BCUT2D eigenvalue weighted by Gasteiger charge is -2.24. The van der Waals surface area contributed by atoms with Gasteiger partial charge in [0.25, 0.3) is 0 Å². The van der Waals surface area contributed by atoms with Crippen LogP contribution >= 0.6 is 0 Å². The molecule has 6 heteroatoms. The molecule has 20 heavy (non-hydrogen) atoms. The van der Waals surface area contributed by atoms with Crippen molar-refractivity contribution < 1.29 is 14.1 Å². The maximum absolute atomic E-state index is 13.9. The molecule has 1 saturated carbocycles. The molecule has 2 fully saturated rings. The Bertz CT molecular complexity index is 574. The van der Waals surface area contributed by atoms with Crippen LogP contribution in [0.1, 0.15) is 13.8 Å². The van der Waals surface area contributed by atoms with E-state index in [1.54, 1.807) is 6.07 Å². The minimum Gasteiger partial charge on any atom is -0.497 e. The summed E-state index contributed by atoms with van der Waals surface area (Å²) in [6, 6.07) is 2.61. The summed E-state index contributed by atoms with van der Waals surface area (Å²) >= 11 is 0. The average Bonchev–Trinajstić information content (AvgIpc) is 2.79. The molecule has 108 valence electrons. The van der Waals surface area contributed by atoms with Crippen molar-refractivity contribution in [3.8, 4) is 5.75 Å². The van der Waals surface area contributed by atoms with Gasteiger partial charge in [-0.15, -0.1) is 0 Å². The maximum atomic E-state index is 13.9.